The van der Waals surface area contributed by atoms with Crippen LogP contribution < -0.4 is 4.74 Å². The number of halogens is 1. The molecule has 0 aliphatic heterocycles. The highest BCUT2D eigenvalue weighted by molar-refractivity contribution is 6.67. The molecule has 1 aromatic heterocycles. The van der Waals surface area contributed by atoms with Gasteiger partial charge in [-0.3, -0.25) is 4.79 Å². The normalized spacial score (nSPS) is 10.3. The summed E-state index contributed by atoms with van der Waals surface area (Å²) in [6.07, 6.45) is 1.35. The minimum absolute atomic E-state index is 0.164. The van der Waals surface area contributed by atoms with Crippen molar-refractivity contribution >= 4 is 16.8 Å². The molecule has 5 nitrogen and oxygen atoms in total. The molecule has 0 aliphatic carbocycles. The zero-order valence-corrected chi connectivity index (χ0v) is 10.4. The van der Waals surface area contributed by atoms with Crippen LogP contribution in [-0.4, -0.2) is 20.4 Å². The molecular formula is C12H11ClN2O3. The van der Waals surface area contributed by atoms with Gasteiger partial charge in [-0.05, 0) is 30.2 Å². The number of benzene rings is 1. The molecule has 1 heterocycles. The highest BCUT2D eigenvalue weighted by Crippen LogP contribution is 2.18. The molecule has 0 amide bonds. The highest BCUT2D eigenvalue weighted by Gasteiger charge is 2.12. The average molecular weight is 267 g/mol. The smallest absolute Gasteiger partial charge is 0.252 e. The fraction of sp³-hybridized carbons (Fsp3) is 0.167. The quantitative estimate of drug-likeness (QED) is 0.682. The number of aryl methyl sites for hydroxylation is 1. The van der Waals surface area contributed by atoms with E-state index in [0.29, 0.717) is 16.0 Å². The van der Waals surface area contributed by atoms with E-state index in [1.807, 2.05) is 13.0 Å². The van der Waals surface area contributed by atoms with E-state index in [1.54, 1.807) is 12.1 Å². The molecule has 0 bridgehead atoms. The third kappa shape index (κ3) is 2.62. The molecule has 94 valence electrons. The van der Waals surface area contributed by atoms with Crippen molar-refractivity contribution in [3.05, 3.63) is 47.2 Å². The van der Waals surface area contributed by atoms with Gasteiger partial charge in [0.2, 0.25) is 5.88 Å². The Hall–Kier alpha value is -2.01. The van der Waals surface area contributed by atoms with Crippen molar-refractivity contribution in [3.8, 4) is 5.88 Å². The van der Waals surface area contributed by atoms with Gasteiger partial charge in [-0.2, -0.15) is 0 Å². The number of carbonyl (C=O) groups is 1. The lowest BCUT2D eigenvalue weighted by Crippen LogP contribution is -2.05. The van der Waals surface area contributed by atoms with Gasteiger partial charge in [-0.1, -0.05) is 17.2 Å². The molecule has 2 aromatic rings. The first-order valence-electron chi connectivity index (χ1n) is 5.24. The largest absolute Gasteiger partial charge is 0.472 e. The van der Waals surface area contributed by atoms with Gasteiger partial charge in [0.05, 0.1) is 6.20 Å². The SMILES string of the molecule is Cc1cccc(C(=O)Cl)c1COc1ccn(O)n1. The number of ether oxygens (including phenoxy) is 1. The van der Waals surface area contributed by atoms with Gasteiger partial charge in [0.25, 0.3) is 5.24 Å². The molecule has 2 rings (SSSR count). The lowest BCUT2D eigenvalue weighted by molar-refractivity contribution is 0.107. The average Bonchev–Trinajstić information content (AvgIpc) is 2.73. The molecule has 0 fully saturated rings. The third-order valence-electron chi connectivity index (χ3n) is 2.54. The van der Waals surface area contributed by atoms with Crippen LogP contribution in [0.4, 0.5) is 0 Å². The lowest BCUT2D eigenvalue weighted by atomic mass is 10.0. The summed E-state index contributed by atoms with van der Waals surface area (Å²) < 4.78 is 5.38. The first kappa shape index (κ1) is 12.4. The summed E-state index contributed by atoms with van der Waals surface area (Å²) in [7, 11) is 0. The minimum atomic E-state index is -0.523. The zero-order valence-electron chi connectivity index (χ0n) is 9.63. The molecule has 0 saturated carbocycles. The maximum atomic E-state index is 11.3. The Kier molecular flexibility index (Phi) is 3.53. The second kappa shape index (κ2) is 5.10. The van der Waals surface area contributed by atoms with Crippen molar-refractivity contribution in [2.24, 2.45) is 0 Å². The Morgan fingerprint density at radius 2 is 2.28 bits per heavy atom. The van der Waals surface area contributed by atoms with Gasteiger partial charge in [-0.25, -0.2) is 0 Å². The third-order valence-corrected chi connectivity index (χ3v) is 2.74. The van der Waals surface area contributed by atoms with Crippen molar-refractivity contribution in [1.29, 1.82) is 0 Å². The molecular weight excluding hydrogens is 256 g/mol. The fourth-order valence-electron chi connectivity index (χ4n) is 1.60. The van der Waals surface area contributed by atoms with E-state index in [-0.39, 0.29) is 12.5 Å². The predicted molar refractivity (Wildman–Crippen MR) is 65.1 cm³/mol. The Balaban J connectivity index is 2.20. The van der Waals surface area contributed by atoms with Crippen molar-refractivity contribution in [2.45, 2.75) is 13.5 Å². The van der Waals surface area contributed by atoms with Crippen molar-refractivity contribution in [1.82, 2.24) is 9.94 Å². The van der Waals surface area contributed by atoms with Gasteiger partial charge in [-0.15, -0.1) is 4.85 Å². The molecule has 0 saturated heterocycles. The van der Waals surface area contributed by atoms with Crippen molar-refractivity contribution in [3.63, 3.8) is 0 Å². The van der Waals surface area contributed by atoms with Crippen LogP contribution >= 0.6 is 11.6 Å². The van der Waals surface area contributed by atoms with Gasteiger partial charge >= 0.3 is 0 Å². The second-order valence-electron chi connectivity index (χ2n) is 3.74. The monoisotopic (exact) mass is 266 g/mol. The van der Waals surface area contributed by atoms with Gasteiger partial charge in [0.1, 0.15) is 6.61 Å². The molecule has 18 heavy (non-hydrogen) atoms. The zero-order chi connectivity index (χ0) is 13.1. The highest BCUT2D eigenvalue weighted by atomic mass is 35.5. The van der Waals surface area contributed by atoms with Crippen LogP contribution in [0.15, 0.2) is 30.5 Å². The van der Waals surface area contributed by atoms with E-state index < -0.39 is 5.24 Å². The minimum Gasteiger partial charge on any atom is -0.472 e. The molecule has 0 unspecified atom stereocenters. The predicted octanol–water partition coefficient (Wildman–Crippen LogP) is 2.39. The fourth-order valence-corrected chi connectivity index (χ4v) is 1.78. The summed E-state index contributed by atoms with van der Waals surface area (Å²) >= 11 is 5.51. The standard InChI is InChI=1S/C12H11ClN2O3/c1-8-3-2-4-9(12(13)16)10(8)7-18-11-5-6-15(17)14-11/h2-6,17H,7H2,1H3. The van der Waals surface area contributed by atoms with Crippen LogP contribution in [0, 0.1) is 6.92 Å². The first-order chi connectivity index (χ1) is 8.58. The van der Waals surface area contributed by atoms with Gasteiger partial charge in [0, 0.05) is 17.2 Å². The van der Waals surface area contributed by atoms with Crippen LogP contribution in [0.2, 0.25) is 0 Å². The number of hydrogen-bond acceptors (Lipinski definition) is 4. The molecule has 1 aromatic carbocycles. The van der Waals surface area contributed by atoms with Crippen LogP contribution in [0.1, 0.15) is 21.5 Å². The molecule has 0 atom stereocenters. The van der Waals surface area contributed by atoms with Gasteiger partial charge < -0.3 is 9.94 Å². The summed E-state index contributed by atoms with van der Waals surface area (Å²) in [5.41, 5.74) is 2.04. The number of carbonyl (C=O) groups excluding carboxylic acids is 1. The van der Waals surface area contributed by atoms with Gasteiger partial charge in [0.15, 0.2) is 0 Å². The summed E-state index contributed by atoms with van der Waals surface area (Å²) in [5, 5.41) is 12.1. The number of rotatable bonds is 4. The maximum absolute atomic E-state index is 11.3. The second-order valence-corrected chi connectivity index (χ2v) is 4.08. The lowest BCUT2D eigenvalue weighted by Gasteiger charge is -2.09. The van der Waals surface area contributed by atoms with Crippen LogP contribution in [0.25, 0.3) is 0 Å². The maximum Gasteiger partial charge on any atom is 0.252 e. The van der Waals surface area contributed by atoms with E-state index in [2.05, 4.69) is 5.10 Å². The molecule has 0 spiro atoms. The molecule has 1 N–H and O–H groups in total. The van der Waals surface area contributed by atoms with E-state index in [1.165, 1.54) is 12.3 Å². The van der Waals surface area contributed by atoms with E-state index in [4.69, 9.17) is 21.5 Å². The number of aromatic nitrogens is 2. The summed E-state index contributed by atoms with van der Waals surface area (Å²) in [6, 6.07) is 6.79. The Bertz CT molecular complexity index is 580. The van der Waals surface area contributed by atoms with Crippen LogP contribution in [0.5, 0.6) is 5.88 Å². The Morgan fingerprint density at radius 1 is 1.50 bits per heavy atom. The van der Waals surface area contributed by atoms with E-state index in [9.17, 15) is 4.79 Å². The van der Waals surface area contributed by atoms with Crippen LogP contribution in [0.3, 0.4) is 0 Å². The molecule has 6 heteroatoms. The summed E-state index contributed by atoms with van der Waals surface area (Å²) in [4.78, 5) is 11.9. The Morgan fingerprint density at radius 3 is 2.89 bits per heavy atom. The topological polar surface area (TPSA) is 64.3 Å². The summed E-state index contributed by atoms with van der Waals surface area (Å²) in [6.45, 7) is 2.03. The van der Waals surface area contributed by atoms with Crippen molar-refractivity contribution in [2.75, 3.05) is 0 Å². The summed E-state index contributed by atoms with van der Waals surface area (Å²) in [5.74, 6) is 0.272. The molecule has 0 aliphatic rings. The number of hydrogen-bond donors (Lipinski definition) is 1. The van der Waals surface area contributed by atoms with E-state index >= 15 is 0 Å². The first-order valence-corrected chi connectivity index (χ1v) is 5.62. The number of nitrogens with zero attached hydrogens (tertiary/aromatic N) is 2. The Labute approximate surface area is 109 Å². The van der Waals surface area contributed by atoms with Crippen LogP contribution in [-0.2, 0) is 6.61 Å². The van der Waals surface area contributed by atoms with E-state index in [0.717, 1.165) is 5.56 Å². The molecule has 0 radical (unpaired) electrons. The van der Waals surface area contributed by atoms with Crippen molar-refractivity contribution < 1.29 is 14.7 Å².